The molecule has 1 aromatic rings. The van der Waals surface area contributed by atoms with Gasteiger partial charge in [0, 0.05) is 13.2 Å². The number of ether oxygens (including phenoxy) is 1. The smallest absolute Gasteiger partial charge is 0.0466 e. The molecule has 0 fully saturated rings. The minimum atomic E-state index is 0.707. The molecule has 1 aromatic carbocycles. The van der Waals surface area contributed by atoms with Crippen molar-refractivity contribution in [1.29, 1.82) is 0 Å². The number of aryl methyl sites for hydroxylation is 1. The van der Waals surface area contributed by atoms with Crippen LogP contribution in [-0.4, -0.2) is 26.8 Å². The highest BCUT2D eigenvalue weighted by atomic mass is 16.5. The van der Waals surface area contributed by atoms with Gasteiger partial charge in [0.1, 0.15) is 0 Å². The number of nitrogens with one attached hydrogen (secondary N) is 1. The first-order valence-corrected chi connectivity index (χ1v) is 7.04. The molecule has 0 aliphatic rings. The minimum absolute atomic E-state index is 0.707. The molecule has 0 aromatic heterocycles. The monoisotopic (exact) mass is 249 g/mol. The summed E-state index contributed by atoms with van der Waals surface area (Å²) in [5, 5.41) is 3.30. The van der Waals surface area contributed by atoms with E-state index in [9.17, 15) is 0 Å². The molecule has 0 amide bonds. The molecule has 0 heterocycles. The summed E-state index contributed by atoms with van der Waals surface area (Å²) < 4.78 is 5.41. The van der Waals surface area contributed by atoms with Crippen LogP contribution in [0.4, 0.5) is 0 Å². The maximum atomic E-state index is 5.41. The van der Waals surface area contributed by atoms with Crippen LogP contribution in [0.1, 0.15) is 30.9 Å². The summed E-state index contributed by atoms with van der Waals surface area (Å²) in [7, 11) is 2.03. The van der Waals surface area contributed by atoms with E-state index in [1.165, 1.54) is 17.5 Å². The second-order valence-corrected chi connectivity index (χ2v) is 4.95. The fourth-order valence-corrected chi connectivity index (χ4v) is 2.24. The van der Waals surface area contributed by atoms with E-state index < -0.39 is 0 Å². The molecule has 0 saturated heterocycles. The quantitative estimate of drug-likeness (QED) is 0.679. The first kappa shape index (κ1) is 15.2. The van der Waals surface area contributed by atoms with Crippen molar-refractivity contribution in [1.82, 2.24) is 5.32 Å². The standard InChI is InChI=1S/C16H27NO/c1-4-18-11-5-6-16(13-17-3)12-15-9-7-14(2)8-10-15/h7-10,16-17H,4-6,11-13H2,1-3H3. The van der Waals surface area contributed by atoms with Crippen molar-refractivity contribution in [2.75, 3.05) is 26.8 Å². The second-order valence-electron chi connectivity index (χ2n) is 4.95. The fraction of sp³-hybridized carbons (Fsp3) is 0.625. The molecule has 0 saturated carbocycles. The molecule has 0 aliphatic carbocycles. The summed E-state index contributed by atoms with van der Waals surface area (Å²) in [6, 6.07) is 8.90. The molecule has 18 heavy (non-hydrogen) atoms. The zero-order valence-electron chi connectivity index (χ0n) is 12.0. The summed E-state index contributed by atoms with van der Waals surface area (Å²) in [5.41, 5.74) is 2.78. The van der Waals surface area contributed by atoms with Crippen molar-refractivity contribution >= 4 is 0 Å². The van der Waals surface area contributed by atoms with Crippen molar-refractivity contribution < 1.29 is 4.74 Å². The molecule has 0 spiro atoms. The highest BCUT2D eigenvalue weighted by Gasteiger charge is 2.08. The van der Waals surface area contributed by atoms with E-state index in [2.05, 4.69) is 43.4 Å². The Morgan fingerprint density at radius 2 is 1.94 bits per heavy atom. The lowest BCUT2D eigenvalue weighted by molar-refractivity contribution is 0.139. The Kier molecular flexibility index (Phi) is 7.70. The van der Waals surface area contributed by atoms with E-state index in [4.69, 9.17) is 4.74 Å². The molecule has 102 valence electrons. The van der Waals surface area contributed by atoms with Gasteiger partial charge in [-0.2, -0.15) is 0 Å². The van der Waals surface area contributed by atoms with Crippen LogP contribution in [0.15, 0.2) is 24.3 Å². The number of benzene rings is 1. The van der Waals surface area contributed by atoms with Crippen LogP contribution in [0.3, 0.4) is 0 Å². The maximum absolute atomic E-state index is 5.41. The van der Waals surface area contributed by atoms with Crippen molar-refractivity contribution in [3.05, 3.63) is 35.4 Å². The lowest BCUT2D eigenvalue weighted by Crippen LogP contribution is -2.21. The molecular formula is C16H27NO. The summed E-state index contributed by atoms with van der Waals surface area (Å²) in [5.74, 6) is 0.707. The zero-order valence-corrected chi connectivity index (χ0v) is 12.0. The van der Waals surface area contributed by atoms with Crippen LogP contribution >= 0.6 is 0 Å². The van der Waals surface area contributed by atoms with Crippen LogP contribution < -0.4 is 5.32 Å². The van der Waals surface area contributed by atoms with Gasteiger partial charge in [-0.15, -0.1) is 0 Å². The Balaban J connectivity index is 2.38. The minimum Gasteiger partial charge on any atom is -0.382 e. The van der Waals surface area contributed by atoms with E-state index in [1.807, 2.05) is 7.05 Å². The molecule has 0 bridgehead atoms. The molecule has 1 rings (SSSR count). The van der Waals surface area contributed by atoms with Gasteiger partial charge in [-0.05, 0) is 58.2 Å². The third-order valence-electron chi connectivity index (χ3n) is 3.24. The molecule has 0 radical (unpaired) electrons. The number of rotatable bonds is 9. The van der Waals surface area contributed by atoms with Crippen LogP contribution in [0, 0.1) is 12.8 Å². The normalized spacial score (nSPS) is 12.6. The summed E-state index contributed by atoms with van der Waals surface area (Å²) in [6.45, 7) is 6.99. The second kappa shape index (κ2) is 9.12. The lowest BCUT2D eigenvalue weighted by Gasteiger charge is -2.16. The van der Waals surface area contributed by atoms with Crippen LogP contribution in [-0.2, 0) is 11.2 Å². The number of hydrogen-bond acceptors (Lipinski definition) is 2. The molecule has 2 nitrogen and oxygen atoms in total. The largest absolute Gasteiger partial charge is 0.382 e. The van der Waals surface area contributed by atoms with Crippen LogP contribution in [0.5, 0.6) is 0 Å². The Morgan fingerprint density at radius 3 is 2.56 bits per heavy atom. The molecule has 1 atom stereocenters. The molecular weight excluding hydrogens is 222 g/mol. The summed E-state index contributed by atoms with van der Waals surface area (Å²) >= 11 is 0. The molecule has 0 aliphatic heterocycles. The van der Waals surface area contributed by atoms with Gasteiger partial charge in [0.25, 0.3) is 0 Å². The van der Waals surface area contributed by atoms with E-state index in [0.717, 1.165) is 32.6 Å². The Morgan fingerprint density at radius 1 is 1.22 bits per heavy atom. The Labute approximate surface area is 112 Å². The van der Waals surface area contributed by atoms with Crippen LogP contribution in [0.2, 0.25) is 0 Å². The predicted octanol–water partition coefficient (Wildman–Crippen LogP) is 3.19. The van der Waals surface area contributed by atoms with Crippen LogP contribution in [0.25, 0.3) is 0 Å². The summed E-state index contributed by atoms with van der Waals surface area (Å²) in [4.78, 5) is 0. The van der Waals surface area contributed by atoms with Gasteiger partial charge in [0.05, 0.1) is 0 Å². The van der Waals surface area contributed by atoms with Gasteiger partial charge in [0.15, 0.2) is 0 Å². The first-order valence-electron chi connectivity index (χ1n) is 7.04. The third-order valence-corrected chi connectivity index (χ3v) is 3.24. The van der Waals surface area contributed by atoms with Crippen molar-refractivity contribution in [2.24, 2.45) is 5.92 Å². The van der Waals surface area contributed by atoms with E-state index >= 15 is 0 Å². The highest BCUT2D eigenvalue weighted by molar-refractivity contribution is 5.21. The molecule has 1 unspecified atom stereocenters. The van der Waals surface area contributed by atoms with Gasteiger partial charge in [-0.25, -0.2) is 0 Å². The van der Waals surface area contributed by atoms with Gasteiger partial charge in [0.2, 0.25) is 0 Å². The first-order chi connectivity index (χ1) is 8.76. The zero-order chi connectivity index (χ0) is 13.2. The van der Waals surface area contributed by atoms with Gasteiger partial charge in [-0.3, -0.25) is 0 Å². The van der Waals surface area contributed by atoms with Gasteiger partial charge in [-0.1, -0.05) is 29.8 Å². The maximum Gasteiger partial charge on any atom is 0.0466 e. The average molecular weight is 249 g/mol. The van der Waals surface area contributed by atoms with E-state index in [1.54, 1.807) is 0 Å². The summed E-state index contributed by atoms with van der Waals surface area (Å²) in [6.07, 6.45) is 3.55. The van der Waals surface area contributed by atoms with Crippen molar-refractivity contribution in [3.63, 3.8) is 0 Å². The third kappa shape index (κ3) is 6.18. The Bertz CT molecular complexity index is 307. The van der Waals surface area contributed by atoms with Gasteiger partial charge < -0.3 is 10.1 Å². The van der Waals surface area contributed by atoms with Crippen molar-refractivity contribution in [3.8, 4) is 0 Å². The molecule has 2 heteroatoms. The van der Waals surface area contributed by atoms with Gasteiger partial charge >= 0.3 is 0 Å². The number of hydrogen-bond donors (Lipinski definition) is 1. The average Bonchev–Trinajstić information content (AvgIpc) is 2.37. The van der Waals surface area contributed by atoms with E-state index in [-0.39, 0.29) is 0 Å². The SMILES string of the molecule is CCOCCCC(CNC)Cc1ccc(C)cc1. The molecule has 1 N–H and O–H groups in total. The van der Waals surface area contributed by atoms with E-state index in [0.29, 0.717) is 5.92 Å². The lowest BCUT2D eigenvalue weighted by atomic mass is 9.94. The fourth-order valence-electron chi connectivity index (χ4n) is 2.24. The Hall–Kier alpha value is -0.860. The predicted molar refractivity (Wildman–Crippen MR) is 78.0 cm³/mol. The highest BCUT2D eigenvalue weighted by Crippen LogP contribution is 2.14. The topological polar surface area (TPSA) is 21.3 Å². The van der Waals surface area contributed by atoms with Crippen molar-refractivity contribution in [2.45, 2.75) is 33.1 Å².